The maximum Gasteiger partial charge on any atom is 0.270 e. The van der Waals surface area contributed by atoms with Crippen LogP contribution in [-0.4, -0.2) is 24.3 Å². The molecule has 7 heteroatoms. The molecule has 6 nitrogen and oxygen atoms in total. The van der Waals surface area contributed by atoms with Crippen LogP contribution in [0.25, 0.3) is 0 Å². The first-order valence-electron chi connectivity index (χ1n) is 5.38. The largest absolute Gasteiger partial charge is 0.364 e. The van der Waals surface area contributed by atoms with Gasteiger partial charge in [-0.25, -0.2) is 18.4 Å². The maximum absolute atomic E-state index is 12.2. The SMILES string of the molecule is NC(=O)c1nccnc1S(=O)(=O)Cc1ccccc1. The minimum Gasteiger partial charge on any atom is -0.364 e. The van der Waals surface area contributed by atoms with Gasteiger partial charge in [-0.05, 0) is 5.56 Å². The molecule has 0 saturated carbocycles. The summed E-state index contributed by atoms with van der Waals surface area (Å²) in [4.78, 5) is 18.6. The number of amides is 1. The van der Waals surface area contributed by atoms with E-state index < -0.39 is 15.7 Å². The summed E-state index contributed by atoms with van der Waals surface area (Å²) in [7, 11) is -3.76. The zero-order valence-corrected chi connectivity index (χ0v) is 10.7. The number of sulfone groups is 1. The summed E-state index contributed by atoms with van der Waals surface area (Å²) in [5.74, 6) is -1.17. The number of aromatic nitrogens is 2. The predicted octanol–water partition coefficient (Wildman–Crippen LogP) is 0.549. The van der Waals surface area contributed by atoms with Crippen molar-refractivity contribution < 1.29 is 13.2 Å². The molecule has 0 aliphatic rings. The molecule has 1 aromatic heterocycles. The lowest BCUT2D eigenvalue weighted by Crippen LogP contribution is -2.20. The molecule has 0 fully saturated rings. The zero-order valence-electron chi connectivity index (χ0n) is 9.85. The van der Waals surface area contributed by atoms with Crippen LogP contribution in [0, 0.1) is 0 Å². The summed E-state index contributed by atoms with van der Waals surface area (Å²) in [6.07, 6.45) is 2.44. The lowest BCUT2D eigenvalue weighted by Gasteiger charge is -2.06. The fourth-order valence-electron chi connectivity index (χ4n) is 1.58. The Hall–Kier alpha value is -2.28. The van der Waals surface area contributed by atoms with Crippen molar-refractivity contribution in [1.29, 1.82) is 0 Å². The number of hydrogen-bond acceptors (Lipinski definition) is 5. The van der Waals surface area contributed by atoms with Crippen molar-refractivity contribution in [3.05, 3.63) is 54.0 Å². The smallest absolute Gasteiger partial charge is 0.270 e. The van der Waals surface area contributed by atoms with Gasteiger partial charge in [0, 0.05) is 12.4 Å². The number of hydrogen-bond donors (Lipinski definition) is 1. The van der Waals surface area contributed by atoms with Gasteiger partial charge in [-0.15, -0.1) is 0 Å². The maximum atomic E-state index is 12.2. The van der Waals surface area contributed by atoms with Crippen LogP contribution >= 0.6 is 0 Å². The molecule has 0 saturated heterocycles. The minimum atomic E-state index is -3.76. The van der Waals surface area contributed by atoms with Gasteiger partial charge in [0.25, 0.3) is 5.91 Å². The van der Waals surface area contributed by atoms with E-state index in [1.54, 1.807) is 30.3 Å². The number of nitrogens with two attached hydrogens (primary N) is 1. The number of carbonyl (C=O) groups excluding carboxylic acids is 1. The van der Waals surface area contributed by atoms with Crippen LogP contribution in [0.15, 0.2) is 47.8 Å². The molecule has 2 aromatic rings. The standard InChI is InChI=1S/C12H11N3O3S/c13-11(16)10-12(15-7-6-14-10)19(17,18)8-9-4-2-1-3-5-9/h1-7H,8H2,(H2,13,16). The van der Waals surface area contributed by atoms with Crippen LogP contribution in [0.1, 0.15) is 16.1 Å². The Morgan fingerprint density at radius 3 is 2.37 bits per heavy atom. The highest BCUT2D eigenvalue weighted by Crippen LogP contribution is 2.16. The van der Waals surface area contributed by atoms with E-state index in [-0.39, 0.29) is 16.5 Å². The highest BCUT2D eigenvalue weighted by molar-refractivity contribution is 7.90. The minimum absolute atomic E-state index is 0.257. The molecule has 1 heterocycles. The first-order chi connectivity index (χ1) is 9.00. The van der Waals surface area contributed by atoms with Crippen LogP contribution in [0.2, 0.25) is 0 Å². The van der Waals surface area contributed by atoms with Crippen LogP contribution in [-0.2, 0) is 15.6 Å². The van der Waals surface area contributed by atoms with E-state index in [9.17, 15) is 13.2 Å². The normalized spacial score (nSPS) is 11.2. The van der Waals surface area contributed by atoms with Crippen LogP contribution < -0.4 is 5.73 Å². The number of primary amides is 1. The Balaban J connectivity index is 2.43. The number of benzene rings is 1. The second-order valence-electron chi connectivity index (χ2n) is 3.82. The summed E-state index contributed by atoms with van der Waals surface area (Å²) in [5.41, 5.74) is 5.36. The Bertz CT molecular complexity index is 699. The summed E-state index contributed by atoms with van der Waals surface area (Å²) in [6, 6.07) is 8.61. The molecule has 0 aliphatic carbocycles. The van der Waals surface area contributed by atoms with Crippen molar-refractivity contribution in [2.75, 3.05) is 0 Å². The number of nitrogens with zero attached hydrogens (tertiary/aromatic N) is 2. The number of rotatable bonds is 4. The Labute approximate surface area is 110 Å². The molecule has 2 N–H and O–H groups in total. The quantitative estimate of drug-likeness (QED) is 0.879. The lowest BCUT2D eigenvalue weighted by molar-refractivity contribution is 0.0991. The Morgan fingerprint density at radius 1 is 1.11 bits per heavy atom. The van der Waals surface area contributed by atoms with Crippen molar-refractivity contribution in [1.82, 2.24) is 9.97 Å². The second-order valence-corrected chi connectivity index (χ2v) is 5.72. The van der Waals surface area contributed by atoms with Gasteiger partial charge >= 0.3 is 0 Å². The van der Waals surface area contributed by atoms with Crippen LogP contribution in [0.3, 0.4) is 0 Å². The van der Waals surface area contributed by atoms with E-state index in [0.717, 1.165) is 0 Å². The Kier molecular flexibility index (Phi) is 3.57. The van der Waals surface area contributed by atoms with Crippen LogP contribution in [0.4, 0.5) is 0 Å². The van der Waals surface area contributed by atoms with Crippen LogP contribution in [0.5, 0.6) is 0 Å². The fourth-order valence-corrected chi connectivity index (χ4v) is 3.02. The van der Waals surface area contributed by atoms with Crippen molar-refractivity contribution in [2.45, 2.75) is 10.8 Å². The molecule has 19 heavy (non-hydrogen) atoms. The van der Waals surface area contributed by atoms with Crippen molar-refractivity contribution in [3.8, 4) is 0 Å². The molecule has 0 spiro atoms. The molecule has 1 aromatic carbocycles. The van der Waals surface area contributed by atoms with E-state index in [1.807, 2.05) is 0 Å². The first-order valence-corrected chi connectivity index (χ1v) is 7.03. The van der Waals surface area contributed by atoms with Gasteiger partial charge in [-0.3, -0.25) is 4.79 Å². The molecular weight excluding hydrogens is 266 g/mol. The molecule has 0 radical (unpaired) electrons. The average Bonchev–Trinajstić information content (AvgIpc) is 2.39. The molecule has 0 aliphatic heterocycles. The summed E-state index contributed by atoms with van der Waals surface area (Å²) < 4.78 is 24.4. The average molecular weight is 277 g/mol. The van der Waals surface area contributed by atoms with E-state index in [2.05, 4.69) is 9.97 Å². The predicted molar refractivity (Wildman–Crippen MR) is 67.9 cm³/mol. The van der Waals surface area contributed by atoms with Gasteiger partial charge in [0.1, 0.15) is 0 Å². The van der Waals surface area contributed by atoms with E-state index in [4.69, 9.17) is 5.73 Å². The highest BCUT2D eigenvalue weighted by Gasteiger charge is 2.24. The van der Waals surface area contributed by atoms with Gasteiger partial charge in [-0.2, -0.15) is 0 Å². The summed E-state index contributed by atoms with van der Waals surface area (Å²) in [5, 5.41) is -0.383. The lowest BCUT2D eigenvalue weighted by atomic mass is 10.2. The highest BCUT2D eigenvalue weighted by atomic mass is 32.2. The van der Waals surface area contributed by atoms with E-state index in [1.165, 1.54) is 12.4 Å². The second kappa shape index (κ2) is 5.15. The zero-order chi connectivity index (χ0) is 13.9. The van der Waals surface area contributed by atoms with Gasteiger partial charge in [0.05, 0.1) is 5.75 Å². The van der Waals surface area contributed by atoms with Gasteiger partial charge in [0.2, 0.25) is 9.84 Å². The molecule has 0 atom stereocenters. The molecular formula is C12H11N3O3S. The third-order valence-electron chi connectivity index (χ3n) is 2.39. The van der Waals surface area contributed by atoms with Gasteiger partial charge < -0.3 is 5.73 Å². The monoisotopic (exact) mass is 277 g/mol. The topological polar surface area (TPSA) is 103 Å². The molecule has 0 unspecified atom stereocenters. The molecule has 1 amide bonds. The van der Waals surface area contributed by atoms with Crippen molar-refractivity contribution in [2.24, 2.45) is 5.73 Å². The van der Waals surface area contributed by atoms with Crippen molar-refractivity contribution in [3.63, 3.8) is 0 Å². The van der Waals surface area contributed by atoms with E-state index in [0.29, 0.717) is 5.56 Å². The Morgan fingerprint density at radius 2 is 1.74 bits per heavy atom. The molecule has 2 rings (SSSR count). The fraction of sp³-hybridized carbons (Fsp3) is 0.0833. The third kappa shape index (κ3) is 2.94. The first kappa shape index (κ1) is 13.2. The number of carbonyl (C=O) groups is 1. The van der Waals surface area contributed by atoms with E-state index >= 15 is 0 Å². The third-order valence-corrected chi connectivity index (χ3v) is 3.99. The van der Waals surface area contributed by atoms with Crippen molar-refractivity contribution >= 4 is 15.7 Å². The molecule has 0 bridgehead atoms. The summed E-state index contributed by atoms with van der Waals surface area (Å²) in [6.45, 7) is 0. The molecule has 98 valence electrons. The van der Waals surface area contributed by atoms with Gasteiger partial charge in [0.15, 0.2) is 10.7 Å². The van der Waals surface area contributed by atoms with Gasteiger partial charge in [-0.1, -0.05) is 30.3 Å². The summed E-state index contributed by atoms with van der Waals surface area (Å²) >= 11 is 0.